The summed E-state index contributed by atoms with van der Waals surface area (Å²) < 4.78 is 0. The van der Waals surface area contributed by atoms with Crippen LogP contribution in [0.25, 0.3) is 0 Å². The number of rotatable bonds is 14. The fourth-order valence-electron chi connectivity index (χ4n) is 1.95. The van der Waals surface area contributed by atoms with Gasteiger partial charge in [-0.1, -0.05) is 44.1 Å². The number of allylic oxidation sites excluding steroid dienone is 5. The molecule has 0 atom stereocenters. The minimum Gasteiger partial charge on any atom is -0.291 e. The van der Waals surface area contributed by atoms with Crippen molar-refractivity contribution in [3.8, 4) is 0 Å². The molecule has 0 heterocycles. The minimum absolute atomic E-state index is 0.234. The van der Waals surface area contributed by atoms with Crippen molar-refractivity contribution in [3.63, 3.8) is 0 Å². The first-order chi connectivity index (χ1) is 10.7. The van der Waals surface area contributed by atoms with Crippen LogP contribution in [0, 0.1) is 10.1 Å². The van der Waals surface area contributed by atoms with Gasteiger partial charge in [-0.2, -0.15) is 0 Å². The highest BCUT2D eigenvalue weighted by Crippen LogP contribution is 2.09. The Morgan fingerprint density at radius 3 is 2.45 bits per heavy atom. The van der Waals surface area contributed by atoms with E-state index in [1.165, 1.54) is 19.3 Å². The fourth-order valence-corrected chi connectivity index (χ4v) is 1.95. The quantitative estimate of drug-likeness (QED) is 0.189. The van der Waals surface area contributed by atoms with Gasteiger partial charge in [0.05, 0.1) is 11.3 Å². The Morgan fingerprint density at radius 1 is 1.05 bits per heavy atom. The molecule has 0 aliphatic carbocycles. The Hall–Kier alpha value is -1.71. The van der Waals surface area contributed by atoms with E-state index in [1.807, 2.05) is 18.4 Å². The SMILES string of the molecule is CCCCC/C=C\C/C=C\C/C(=C\CCCC[C]=O)[N+](=O)[O-]. The number of carbonyl (C=O) groups excluding carboxylic acids is 1. The maximum atomic E-state index is 10.9. The summed E-state index contributed by atoms with van der Waals surface area (Å²) in [5.74, 6) is 0. The van der Waals surface area contributed by atoms with E-state index in [0.717, 1.165) is 25.7 Å². The van der Waals surface area contributed by atoms with Gasteiger partial charge in [0.15, 0.2) is 6.29 Å². The molecular weight excluding hydrogens is 278 g/mol. The smallest absolute Gasteiger partial charge is 0.246 e. The molecule has 4 heteroatoms. The molecule has 0 aromatic heterocycles. The summed E-state index contributed by atoms with van der Waals surface area (Å²) in [6.07, 6.45) is 20.2. The lowest BCUT2D eigenvalue weighted by Gasteiger charge is -1.95. The Labute approximate surface area is 134 Å². The highest BCUT2D eigenvalue weighted by atomic mass is 16.6. The Balaban J connectivity index is 3.93. The topological polar surface area (TPSA) is 60.2 Å². The maximum absolute atomic E-state index is 10.9. The van der Waals surface area contributed by atoms with Crippen molar-refractivity contribution in [2.75, 3.05) is 0 Å². The van der Waals surface area contributed by atoms with Crippen molar-refractivity contribution in [3.05, 3.63) is 46.2 Å². The van der Waals surface area contributed by atoms with E-state index < -0.39 is 0 Å². The highest BCUT2D eigenvalue weighted by Gasteiger charge is 2.06. The van der Waals surface area contributed by atoms with Crippen molar-refractivity contribution < 1.29 is 9.72 Å². The second-order valence-corrected chi connectivity index (χ2v) is 5.22. The largest absolute Gasteiger partial charge is 0.291 e. The van der Waals surface area contributed by atoms with Crippen molar-refractivity contribution in [2.45, 2.75) is 71.1 Å². The first kappa shape index (κ1) is 20.3. The zero-order valence-electron chi connectivity index (χ0n) is 13.6. The van der Waals surface area contributed by atoms with Crippen LogP contribution in [-0.4, -0.2) is 11.2 Å². The van der Waals surface area contributed by atoms with E-state index >= 15 is 0 Å². The van der Waals surface area contributed by atoms with Gasteiger partial charge in [-0.15, -0.1) is 0 Å². The van der Waals surface area contributed by atoms with E-state index in [4.69, 9.17) is 0 Å². The average molecular weight is 306 g/mol. The summed E-state index contributed by atoms with van der Waals surface area (Å²) in [7, 11) is 0. The molecule has 0 saturated heterocycles. The van der Waals surface area contributed by atoms with Gasteiger partial charge in [-0.25, -0.2) is 0 Å². The molecule has 4 nitrogen and oxygen atoms in total. The van der Waals surface area contributed by atoms with Crippen LogP contribution in [0.4, 0.5) is 0 Å². The lowest BCUT2D eigenvalue weighted by Crippen LogP contribution is -1.97. The van der Waals surface area contributed by atoms with Gasteiger partial charge >= 0.3 is 0 Å². The third-order valence-corrected chi connectivity index (χ3v) is 3.25. The maximum Gasteiger partial charge on any atom is 0.246 e. The highest BCUT2D eigenvalue weighted by molar-refractivity contribution is 5.50. The molecule has 0 rings (SSSR count). The zero-order chi connectivity index (χ0) is 16.5. The summed E-state index contributed by atoms with van der Waals surface area (Å²) in [5, 5.41) is 10.9. The summed E-state index contributed by atoms with van der Waals surface area (Å²) in [4.78, 5) is 20.6. The van der Waals surface area contributed by atoms with Gasteiger partial charge < -0.3 is 0 Å². The molecule has 1 radical (unpaired) electrons. The van der Waals surface area contributed by atoms with Gasteiger partial charge in [-0.05, 0) is 44.6 Å². The Morgan fingerprint density at radius 2 is 1.77 bits per heavy atom. The normalized spacial score (nSPS) is 12.3. The van der Waals surface area contributed by atoms with Crippen molar-refractivity contribution >= 4 is 6.29 Å². The lowest BCUT2D eigenvalue weighted by molar-refractivity contribution is -0.427. The molecule has 0 saturated carbocycles. The standard InChI is InChI=1S/C18H28NO3/c1-2-3-4-5-6-7-8-9-12-15-18(19(21)22)16-13-10-11-14-17-20/h6-7,9,12,16H,2-5,8,10-11,13-15H2,1H3/b7-6-,12-9-,18-16+. The van der Waals surface area contributed by atoms with Gasteiger partial charge in [0.1, 0.15) is 0 Å². The molecule has 0 N–H and O–H groups in total. The van der Waals surface area contributed by atoms with E-state index in [2.05, 4.69) is 19.1 Å². The van der Waals surface area contributed by atoms with E-state index in [-0.39, 0.29) is 10.6 Å². The van der Waals surface area contributed by atoms with Crippen molar-refractivity contribution in [2.24, 2.45) is 0 Å². The molecular formula is C18H28NO3. The predicted molar refractivity (Wildman–Crippen MR) is 90.9 cm³/mol. The molecule has 0 aromatic rings. The van der Waals surface area contributed by atoms with E-state index in [1.54, 1.807) is 6.08 Å². The Bertz CT molecular complexity index is 384. The van der Waals surface area contributed by atoms with Crippen LogP contribution in [-0.2, 0) is 4.79 Å². The number of hydrogen-bond acceptors (Lipinski definition) is 3. The molecule has 0 spiro atoms. The first-order valence-corrected chi connectivity index (χ1v) is 8.20. The summed E-state index contributed by atoms with van der Waals surface area (Å²) in [6, 6.07) is 0. The zero-order valence-corrected chi connectivity index (χ0v) is 13.6. The molecule has 0 aliphatic heterocycles. The van der Waals surface area contributed by atoms with Gasteiger partial charge in [0.25, 0.3) is 0 Å². The second-order valence-electron chi connectivity index (χ2n) is 5.22. The van der Waals surface area contributed by atoms with E-state index in [9.17, 15) is 14.9 Å². The van der Waals surface area contributed by atoms with Gasteiger partial charge in [0, 0.05) is 6.42 Å². The van der Waals surface area contributed by atoms with Crippen LogP contribution in [0.1, 0.15) is 71.1 Å². The van der Waals surface area contributed by atoms with Crippen LogP contribution in [0.2, 0.25) is 0 Å². The second kappa shape index (κ2) is 15.7. The van der Waals surface area contributed by atoms with Crippen LogP contribution in [0.3, 0.4) is 0 Å². The first-order valence-electron chi connectivity index (χ1n) is 8.20. The average Bonchev–Trinajstić information content (AvgIpc) is 2.50. The lowest BCUT2D eigenvalue weighted by atomic mass is 10.1. The summed E-state index contributed by atoms with van der Waals surface area (Å²) in [6.45, 7) is 2.19. The van der Waals surface area contributed by atoms with E-state index in [0.29, 0.717) is 19.3 Å². The van der Waals surface area contributed by atoms with Crippen LogP contribution >= 0.6 is 0 Å². The minimum atomic E-state index is -0.323. The van der Waals surface area contributed by atoms with Crippen LogP contribution < -0.4 is 0 Å². The molecule has 0 unspecified atom stereocenters. The molecule has 0 bridgehead atoms. The molecule has 22 heavy (non-hydrogen) atoms. The van der Waals surface area contributed by atoms with Crippen molar-refractivity contribution in [1.29, 1.82) is 0 Å². The number of nitrogens with zero attached hydrogens (tertiary/aromatic N) is 1. The molecule has 0 fully saturated rings. The molecule has 0 amide bonds. The third-order valence-electron chi connectivity index (χ3n) is 3.25. The number of nitro groups is 1. The fraction of sp³-hybridized carbons (Fsp3) is 0.611. The number of hydrogen-bond donors (Lipinski definition) is 0. The van der Waals surface area contributed by atoms with Crippen LogP contribution in [0.15, 0.2) is 36.1 Å². The van der Waals surface area contributed by atoms with Gasteiger partial charge in [-0.3, -0.25) is 14.9 Å². The Kier molecular flexibility index (Phi) is 14.5. The molecule has 123 valence electrons. The summed E-state index contributed by atoms with van der Waals surface area (Å²) in [5.41, 5.74) is 0.234. The third kappa shape index (κ3) is 13.3. The monoisotopic (exact) mass is 306 g/mol. The number of unbranched alkanes of at least 4 members (excludes halogenated alkanes) is 6. The predicted octanol–water partition coefficient (Wildman–Crippen LogP) is 5.29. The van der Waals surface area contributed by atoms with Crippen LogP contribution in [0.5, 0.6) is 0 Å². The molecule has 0 aromatic carbocycles. The van der Waals surface area contributed by atoms with Crippen molar-refractivity contribution in [1.82, 2.24) is 0 Å². The molecule has 0 aliphatic rings. The van der Waals surface area contributed by atoms with Gasteiger partial charge in [0.2, 0.25) is 5.70 Å². The summed E-state index contributed by atoms with van der Waals surface area (Å²) >= 11 is 0.